The molecule has 1 aromatic heterocycles. The molecule has 0 atom stereocenters. The second-order valence-electron chi connectivity index (χ2n) is 8.60. The molecule has 0 bridgehead atoms. The van der Waals surface area contributed by atoms with Gasteiger partial charge in [-0.3, -0.25) is 18.7 Å². The van der Waals surface area contributed by atoms with Gasteiger partial charge in [-0.1, -0.05) is 97.1 Å². The average Bonchev–Trinajstić information content (AvgIpc) is 2.95. The van der Waals surface area contributed by atoms with E-state index in [0.29, 0.717) is 22.4 Å². The van der Waals surface area contributed by atoms with Crippen molar-refractivity contribution in [2.75, 3.05) is 0 Å². The molecular formula is C32H22N2O2. The van der Waals surface area contributed by atoms with E-state index < -0.39 is 11.1 Å². The van der Waals surface area contributed by atoms with E-state index in [-0.39, 0.29) is 0 Å². The van der Waals surface area contributed by atoms with Crippen molar-refractivity contribution in [2.24, 2.45) is 0 Å². The number of hydrogen-bond acceptors (Lipinski definition) is 2. The molecule has 0 spiro atoms. The van der Waals surface area contributed by atoms with Crippen LogP contribution < -0.4 is 11.1 Å². The zero-order valence-corrected chi connectivity index (χ0v) is 19.4. The summed E-state index contributed by atoms with van der Waals surface area (Å²) in [6.45, 7) is 0. The van der Waals surface area contributed by atoms with Crippen molar-refractivity contribution in [2.45, 2.75) is 0 Å². The third kappa shape index (κ3) is 3.75. The van der Waals surface area contributed by atoms with E-state index in [1.54, 1.807) is 0 Å². The van der Waals surface area contributed by atoms with Crippen LogP contribution >= 0.6 is 0 Å². The van der Waals surface area contributed by atoms with Crippen LogP contribution in [0.3, 0.4) is 0 Å². The Morgan fingerprint density at radius 3 is 1.00 bits per heavy atom. The lowest BCUT2D eigenvalue weighted by Gasteiger charge is -2.16. The monoisotopic (exact) mass is 466 g/mol. The standard InChI is InChI=1S/C32H22N2O2/c35-31-32(36)34(28-21-17-26(18-22-28)24-11-5-2-6-12-24)30-14-8-7-13-29(30)33(31)27-19-15-25(16-20-27)23-9-3-1-4-10-23/h1-22H. The first-order valence-electron chi connectivity index (χ1n) is 11.8. The Labute approximate surface area is 208 Å². The Hall–Kier alpha value is -4.96. The molecule has 6 rings (SSSR count). The minimum atomic E-state index is -0.590. The summed E-state index contributed by atoms with van der Waals surface area (Å²) >= 11 is 0. The molecule has 36 heavy (non-hydrogen) atoms. The molecule has 0 amide bonds. The number of fused-ring (bicyclic) bond motifs is 1. The Kier molecular flexibility index (Phi) is 5.39. The van der Waals surface area contributed by atoms with Gasteiger partial charge in [0.25, 0.3) is 0 Å². The summed E-state index contributed by atoms with van der Waals surface area (Å²) in [5, 5.41) is 0. The summed E-state index contributed by atoms with van der Waals surface area (Å²) < 4.78 is 3.00. The van der Waals surface area contributed by atoms with Crippen LogP contribution in [0, 0.1) is 0 Å². The van der Waals surface area contributed by atoms with Gasteiger partial charge in [0.15, 0.2) is 0 Å². The Balaban J connectivity index is 1.49. The molecule has 172 valence electrons. The molecule has 1 heterocycles. The highest BCUT2D eigenvalue weighted by molar-refractivity contribution is 5.79. The fourth-order valence-corrected chi connectivity index (χ4v) is 4.63. The first-order chi connectivity index (χ1) is 17.7. The van der Waals surface area contributed by atoms with Crippen molar-refractivity contribution < 1.29 is 0 Å². The first-order valence-corrected chi connectivity index (χ1v) is 11.8. The van der Waals surface area contributed by atoms with Crippen molar-refractivity contribution >= 4 is 11.0 Å². The van der Waals surface area contributed by atoms with Gasteiger partial charge >= 0.3 is 11.1 Å². The van der Waals surface area contributed by atoms with E-state index >= 15 is 0 Å². The largest absolute Gasteiger partial charge is 0.321 e. The lowest BCUT2D eigenvalue weighted by molar-refractivity contribution is 0.918. The summed E-state index contributed by atoms with van der Waals surface area (Å²) in [6, 6.07) is 43.0. The number of rotatable bonds is 4. The Morgan fingerprint density at radius 2 is 0.639 bits per heavy atom. The lowest BCUT2D eigenvalue weighted by Crippen LogP contribution is -2.40. The number of para-hydroxylation sites is 2. The quantitative estimate of drug-likeness (QED) is 0.279. The molecule has 0 saturated heterocycles. The van der Waals surface area contributed by atoms with E-state index in [1.807, 2.05) is 133 Å². The molecular weight excluding hydrogens is 444 g/mol. The van der Waals surface area contributed by atoms with Crippen molar-refractivity contribution in [1.82, 2.24) is 9.13 Å². The minimum Gasteiger partial charge on any atom is -0.271 e. The number of benzene rings is 5. The van der Waals surface area contributed by atoms with E-state index in [4.69, 9.17) is 0 Å². The van der Waals surface area contributed by atoms with Crippen LogP contribution in [0.2, 0.25) is 0 Å². The van der Waals surface area contributed by atoms with E-state index in [9.17, 15) is 9.59 Å². The van der Waals surface area contributed by atoms with Crippen molar-refractivity contribution in [3.8, 4) is 33.6 Å². The number of nitrogens with zero attached hydrogens (tertiary/aromatic N) is 2. The van der Waals surface area contributed by atoms with Crippen molar-refractivity contribution in [3.63, 3.8) is 0 Å². The van der Waals surface area contributed by atoms with Crippen LogP contribution in [-0.4, -0.2) is 9.13 Å². The molecule has 4 heteroatoms. The number of hydrogen-bond donors (Lipinski definition) is 0. The fourth-order valence-electron chi connectivity index (χ4n) is 4.63. The van der Waals surface area contributed by atoms with Gasteiger partial charge in [0.05, 0.1) is 11.0 Å². The Morgan fingerprint density at radius 1 is 0.333 bits per heavy atom. The topological polar surface area (TPSA) is 44.0 Å². The van der Waals surface area contributed by atoms with Crippen LogP contribution in [0.15, 0.2) is 143 Å². The maximum absolute atomic E-state index is 13.5. The van der Waals surface area contributed by atoms with Crippen LogP contribution in [0.5, 0.6) is 0 Å². The normalized spacial score (nSPS) is 11.0. The molecule has 0 aliphatic rings. The minimum absolute atomic E-state index is 0.590. The lowest BCUT2D eigenvalue weighted by atomic mass is 10.1. The van der Waals surface area contributed by atoms with E-state index in [0.717, 1.165) is 22.3 Å². The first kappa shape index (κ1) is 21.6. The van der Waals surface area contributed by atoms with Crippen LogP contribution in [0.1, 0.15) is 0 Å². The fraction of sp³-hybridized carbons (Fsp3) is 0. The van der Waals surface area contributed by atoms with Crippen LogP contribution in [-0.2, 0) is 0 Å². The predicted octanol–water partition coefficient (Wildman–Crippen LogP) is 6.48. The highest BCUT2D eigenvalue weighted by Gasteiger charge is 2.16. The maximum Gasteiger partial charge on any atom is 0.321 e. The molecule has 0 radical (unpaired) electrons. The SMILES string of the molecule is O=c1c(=O)n(-c2ccc(-c3ccccc3)cc2)c2ccccc2n1-c1ccc(-c2ccccc2)cc1. The zero-order chi connectivity index (χ0) is 24.5. The summed E-state index contributed by atoms with van der Waals surface area (Å²) in [7, 11) is 0. The van der Waals surface area contributed by atoms with E-state index in [1.165, 1.54) is 9.13 Å². The van der Waals surface area contributed by atoms with Gasteiger partial charge in [-0.25, -0.2) is 0 Å². The van der Waals surface area contributed by atoms with Gasteiger partial charge in [0.2, 0.25) is 0 Å². The molecule has 0 fully saturated rings. The van der Waals surface area contributed by atoms with Gasteiger partial charge in [0, 0.05) is 11.4 Å². The molecule has 5 aromatic carbocycles. The molecule has 0 saturated carbocycles. The maximum atomic E-state index is 13.5. The number of aromatic nitrogens is 2. The smallest absolute Gasteiger partial charge is 0.271 e. The van der Waals surface area contributed by atoms with E-state index in [2.05, 4.69) is 0 Å². The third-order valence-electron chi connectivity index (χ3n) is 6.42. The summed E-state index contributed by atoms with van der Waals surface area (Å²) in [4.78, 5) is 26.9. The average molecular weight is 467 g/mol. The van der Waals surface area contributed by atoms with Crippen molar-refractivity contribution in [1.29, 1.82) is 0 Å². The second-order valence-corrected chi connectivity index (χ2v) is 8.60. The van der Waals surface area contributed by atoms with Gasteiger partial charge in [-0.15, -0.1) is 0 Å². The summed E-state index contributed by atoms with van der Waals surface area (Å²) in [5.74, 6) is 0. The predicted molar refractivity (Wildman–Crippen MR) is 146 cm³/mol. The highest BCUT2D eigenvalue weighted by atomic mass is 16.2. The zero-order valence-electron chi connectivity index (χ0n) is 19.4. The summed E-state index contributed by atoms with van der Waals surface area (Å²) in [5.41, 5.74) is 5.74. The molecule has 6 aromatic rings. The summed E-state index contributed by atoms with van der Waals surface area (Å²) in [6.07, 6.45) is 0. The second kappa shape index (κ2) is 9.01. The van der Waals surface area contributed by atoms with Crippen molar-refractivity contribution in [3.05, 3.63) is 154 Å². The Bertz CT molecular complexity index is 1650. The highest BCUT2D eigenvalue weighted by Crippen LogP contribution is 2.24. The molecule has 0 aliphatic heterocycles. The van der Waals surface area contributed by atoms with Crippen LogP contribution in [0.25, 0.3) is 44.7 Å². The van der Waals surface area contributed by atoms with Gasteiger partial charge in [-0.05, 0) is 58.7 Å². The molecule has 0 N–H and O–H groups in total. The molecule has 0 aliphatic carbocycles. The van der Waals surface area contributed by atoms with Gasteiger partial charge in [0.1, 0.15) is 0 Å². The molecule has 0 unspecified atom stereocenters. The third-order valence-corrected chi connectivity index (χ3v) is 6.42. The van der Waals surface area contributed by atoms with Crippen LogP contribution in [0.4, 0.5) is 0 Å². The molecule has 4 nitrogen and oxygen atoms in total. The van der Waals surface area contributed by atoms with Gasteiger partial charge < -0.3 is 0 Å². The van der Waals surface area contributed by atoms with Gasteiger partial charge in [-0.2, -0.15) is 0 Å².